The number of carbonyl (C=O) groups excluding carboxylic acids is 3. The summed E-state index contributed by atoms with van der Waals surface area (Å²) < 4.78 is 0. The van der Waals surface area contributed by atoms with E-state index in [2.05, 4.69) is 20.9 Å². The average Bonchev–Trinajstić information content (AvgIpc) is 3.23. The highest BCUT2D eigenvalue weighted by molar-refractivity contribution is 5.93. The van der Waals surface area contributed by atoms with E-state index in [0.29, 0.717) is 19.4 Å². The zero-order chi connectivity index (χ0) is 26.7. The highest BCUT2D eigenvalue weighted by Gasteiger charge is 2.28. The predicted octanol–water partition coefficient (Wildman–Crippen LogP) is -1.19. The average molecular weight is 505 g/mol. The van der Waals surface area contributed by atoms with Gasteiger partial charge in [0.25, 0.3) is 0 Å². The molecule has 1 aromatic carbocycles. The Hall–Kier alpha value is -3.97. The molecule has 36 heavy (non-hydrogen) atoms. The number of benzene rings is 1. The molecule has 1 heterocycles. The molecule has 1 aromatic heterocycles. The molecule has 196 valence electrons. The van der Waals surface area contributed by atoms with E-state index in [-0.39, 0.29) is 12.8 Å². The predicted molar refractivity (Wildman–Crippen MR) is 130 cm³/mol. The van der Waals surface area contributed by atoms with Gasteiger partial charge in [-0.15, -0.1) is 0 Å². The molecule has 2 aromatic rings. The maximum Gasteiger partial charge on any atom is 0.326 e. The number of carboxylic acids is 2. The number of unbranched alkanes of at least 4 members (excludes halogenated alkanes) is 1. The number of rotatable bonds is 15. The summed E-state index contributed by atoms with van der Waals surface area (Å²) in [5.41, 5.74) is 13.2. The number of para-hydroxylation sites is 1. The molecule has 0 aliphatic rings. The number of aromatic nitrogens is 1. The second-order valence-electron chi connectivity index (χ2n) is 8.29. The smallest absolute Gasteiger partial charge is 0.326 e. The van der Waals surface area contributed by atoms with Gasteiger partial charge >= 0.3 is 11.9 Å². The molecule has 0 spiro atoms. The Morgan fingerprint density at radius 2 is 1.69 bits per heavy atom. The van der Waals surface area contributed by atoms with Crippen molar-refractivity contribution in [1.29, 1.82) is 0 Å². The van der Waals surface area contributed by atoms with Crippen LogP contribution in [0.5, 0.6) is 0 Å². The Labute approximate surface area is 207 Å². The van der Waals surface area contributed by atoms with Gasteiger partial charge in [-0.3, -0.25) is 19.2 Å². The molecule has 3 unspecified atom stereocenters. The van der Waals surface area contributed by atoms with Crippen LogP contribution < -0.4 is 27.4 Å². The van der Waals surface area contributed by atoms with Gasteiger partial charge in [0.05, 0.1) is 19.0 Å². The Balaban J connectivity index is 1.92. The largest absolute Gasteiger partial charge is 0.481 e. The van der Waals surface area contributed by atoms with Gasteiger partial charge in [-0.05, 0) is 43.9 Å². The van der Waals surface area contributed by atoms with Crippen molar-refractivity contribution in [2.45, 2.75) is 50.2 Å². The Kier molecular flexibility index (Phi) is 10.8. The molecule has 3 amide bonds. The van der Waals surface area contributed by atoms with Gasteiger partial charge in [0.15, 0.2) is 0 Å². The fourth-order valence-electron chi connectivity index (χ4n) is 3.58. The van der Waals surface area contributed by atoms with Gasteiger partial charge < -0.3 is 42.6 Å². The summed E-state index contributed by atoms with van der Waals surface area (Å²) in [7, 11) is 0. The number of aromatic amines is 1. The van der Waals surface area contributed by atoms with Gasteiger partial charge in [0, 0.05) is 17.1 Å². The van der Waals surface area contributed by atoms with Crippen LogP contribution in [-0.2, 0) is 30.4 Å². The number of nitrogens with two attached hydrogens (primary N) is 2. The Morgan fingerprint density at radius 3 is 2.36 bits per heavy atom. The second-order valence-corrected chi connectivity index (χ2v) is 8.29. The van der Waals surface area contributed by atoms with E-state index in [0.717, 1.165) is 16.5 Å². The molecule has 0 fully saturated rings. The molecule has 0 aliphatic carbocycles. The Morgan fingerprint density at radius 1 is 0.972 bits per heavy atom. The van der Waals surface area contributed by atoms with Gasteiger partial charge in [0.1, 0.15) is 12.1 Å². The van der Waals surface area contributed by atoms with Crippen molar-refractivity contribution >= 4 is 40.6 Å². The van der Waals surface area contributed by atoms with E-state index >= 15 is 0 Å². The number of fused-ring (bicyclic) bond motifs is 1. The van der Waals surface area contributed by atoms with Gasteiger partial charge in [-0.2, -0.15) is 0 Å². The number of carboxylic acid groups (broad SMARTS) is 2. The second kappa shape index (κ2) is 13.8. The number of H-pyrrole nitrogens is 1. The summed E-state index contributed by atoms with van der Waals surface area (Å²) in [6, 6.07) is 3.83. The van der Waals surface area contributed by atoms with Crippen LogP contribution in [0.25, 0.3) is 10.9 Å². The molecule has 0 radical (unpaired) electrons. The molecule has 3 atom stereocenters. The van der Waals surface area contributed by atoms with Gasteiger partial charge in [-0.1, -0.05) is 18.2 Å². The summed E-state index contributed by atoms with van der Waals surface area (Å²) in [4.78, 5) is 62.7. The van der Waals surface area contributed by atoms with E-state index in [1.807, 2.05) is 24.3 Å². The molecule has 0 saturated heterocycles. The van der Waals surface area contributed by atoms with Crippen LogP contribution in [0.4, 0.5) is 0 Å². The third kappa shape index (κ3) is 8.67. The van der Waals surface area contributed by atoms with Crippen molar-refractivity contribution in [3.63, 3.8) is 0 Å². The lowest BCUT2D eigenvalue weighted by molar-refractivity contribution is -0.147. The normalized spacial score (nSPS) is 13.4. The number of hydrogen-bond donors (Lipinski definition) is 8. The minimum Gasteiger partial charge on any atom is -0.481 e. The first-order chi connectivity index (χ1) is 17.1. The lowest BCUT2D eigenvalue weighted by atomic mass is 10.1. The molecule has 13 heteroatoms. The van der Waals surface area contributed by atoms with Crippen molar-refractivity contribution in [2.24, 2.45) is 11.5 Å². The third-order valence-electron chi connectivity index (χ3n) is 5.47. The minimum atomic E-state index is -1.66. The van der Waals surface area contributed by atoms with E-state index in [1.54, 1.807) is 6.20 Å². The van der Waals surface area contributed by atoms with Crippen molar-refractivity contribution in [2.75, 3.05) is 13.1 Å². The standard InChI is InChI=1S/C23H32N6O7/c24-8-4-3-7-17(22(34)29-18(23(35)36)10-20(31)32)28-19(30)12-27-21(33)15(25)9-13-11-26-16-6-2-1-5-14(13)16/h1-2,5-6,11,15,17-18,26H,3-4,7-10,12,24-25H2,(H,27,33)(H,28,30)(H,29,34)(H,31,32)(H,35,36). The molecule has 2 rings (SSSR count). The zero-order valence-electron chi connectivity index (χ0n) is 19.7. The van der Waals surface area contributed by atoms with Crippen LogP contribution in [-0.4, -0.2) is 76.1 Å². The van der Waals surface area contributed by atoms with Crippen molar-refractivity contribution in [1.82, 2.24) is 20.9 Å². The van der Waals surface area contributed by atoms with Crippen molar-refractivity contribution in [3.05, 3.63) is 36.0 Å². The number of carbonyl (C=O) groups is 5. The first-order valence-electron chi connectivity index (χ1n) is 11.4. The van der Waals surface area contributed by atoms with Crippen molar-refractivity contribution in [3.8, 4) is 0 Å². The lowest BCUT2D eigenvalue weighted by Gasteiger charge is -2.21. The van der Waals surface area contributed by atoms with Crippen LogP contribution in [0.3, 0.4) is 0 Å². The number of hydrogen-bond acceptors (Lipinski definition) is 7. The van der Waals surface area contributed by atoms with Crippen LogP contribution in [0.15, 0.2) is 30.5 Å². The third-order valence-corrected chi connectivity index (χ3v) is 5.47. The topological polar surface area (TPSA) is 230 Å². The summed E-state index contributed by atoms with van der Waals surface area (Å²) in [6.07, 6.45) is 2.33. The molecule has 0 aliphatic heterocycles. The SMILES string of the molecule is NCCCCC(NC(=O)CNC(=O)C(N)Cc1c[nH]c2ccccc12)C(=O)NC(CC(=O)O)C(=O)O. The summed E-state index contributed by atoms with van der Waals surface area (Å²) in [5, 5.41) is 25.9. The van der Waals surface area contributed by atoms with Crippen LogP contribution in [0.2, 0.25) is 0 Å². The summed E-state index contributed by atoms with van der Waals surface area (Å²) in [6.45, 7) is -0.109. The Bertz CT molecular complexity index is 1090. The maximum atomic E-state index is 12.6. The maximum absolute atomic E-state index is 12.6. The molecular formula is C23H32N6O7. The van der Waals surface area contributed by atoms with Crippen LogP contribution in [0, 0.1) is 0 Å². The summed E-state index contributed by atoms with van der Waals surface area (Å²) >= 11 is 0. The van der Waals surface area contributed by atoms with Crippen molar-refractivity contribution < 1.29 is 34.2 Å². The lowest BCUT2D eigenvalue weighted by Crippen LogP contribution is -2.54. The highest BCUT2D eigenvalue weighted by Crippen LogP contribution is 2.18. The van der Waals surface area contributed by atoms with Crippen LogP contribution in [0.1, 0.15) is 31.2 Å². The first-order valence-corrected chi connectivity index (χ1v) is 11.4. The molecule has 0 saturated carbocycles. The zero-order valence-corrected chi connectivity index (χ0v) is 19.7. The minimum absolute atomic E-state index is 0.141. The number of amides is 3. The van der Waals surface area contributed by atoms with E-state index < -0.39 is 60.8 Å². The first kappa shape index (κ1) is 28.3. The van der Waals surface area contributed by atoms with Gasteiger partial charge in [0.2, 0.25) is 17.7 Å². The fraction of sp³-hybridized carbons (Fsp3) is 0.435. The number of aliphatic carboxylic acids is 2. The quantitative estimate of drug-likeness (QED) is 0.136. The summed E-state index contributed by atoms with van der Waals surface area (Å²) in [5.74, 6) is -5.03. The highest BCUT2D eigenvalue weighted by atomic mass is 16.4. The monoisotopic (exact) mass is 504 g/mol. The molecular weight excluding hydrogens is 472 g/mol. The van der Waals surface area contributed by atoms with E-state index in [9.17, 15) is 24.0 Å². The molecule has 13 nitrogen and oxygen atoms in total. The van der Waals surface area contributed by atoms with E-state index in [1.165, 1.54) is 0 Å². The molecule has 0 bridgehead atoms. The van der Waals surface area contributed by atoms with Crippen LogP contribution >= 0.6 is 0 Å². The van der Waals surface area contributed by atoms with Gasteiger partial charge in [-0.25, -0.2) is 4.79 Å². The molecule has 10 N–H and O–H groups in total. The van der Waals surface area contributed by atoms with E-state index in [4.69, 9.17) is 21.7 Å². The number of nitrogens with one attached hydrogen (secondary N) is 4. The fourth-order valence-corrected chi connectivity index (χ4v) is 3.58.